The zero-order chi connectivity index (χ0) is 12.3. The van der Waals surface area contributed by atoms with Crippen molar-refractivity contribution in [1.82, 2.24) is 0 Å². The Morgan fingerprint density at radius 3 is 1.94 bits per heavy atom. The lowest BCUT2D eigenvalue weighted by molar-refractivity contribution is 0.355. The second-order valence-corrected chi connectivity index (χ2v) is 4.49. The van der Waals surface area contributed by atoms with Crippen molar-refractivity contribution in [3.8, 4) is 22.6 Å². The van der Waals surface area contributed by atoms with Crippen LogP contribution in [0.25, 0.3) is 11.1 Å². The molecule has 0 unspecified atom stereocenters. The molecule has 0 aliphatic carbocycles. The van der Waals surface area contributed by atoms with E-state index in [1.54, 1.807) is 14.2 Å². The SMILES string of the molecule is COc1ccc(-c2ccc(Br)cc2)cc1OC. The van der Waals surface area contributed by atoms with Gasteiger partial charge in [-0.2, -0.15) is 0 Å². The van der Waals surface area contributed by atoms with Gasteiger partial charge in [-0.15, -0.1) is 0 Å². The number of rotatable bonds is 3. The molecule has 0 spiro atoms. The van der Waals surface area contributed by atoms with Crippen molar-refractivity contribution in [2.45, 2.75) is 0 Å². The molecule has 0 aliphatic heterocycles. The van der Waals surface area contributed by atoms with E-state index in [1.165, 1.54) is 0 Å². The van der Waals surface area contributed by atoms with Crippen LogP contribution in [0.2, 0.25) is 0 Å². The molecule has 0 bridgehead atoms. The summed E-state index contributed by atoms with van der Waals surface area (Å²) in [6.45, 7) is 0. The summed E-state index contributed by atoms with van der Waals surface area (Å²) >= 11 is 3.42. The molecule has 0 radical (unpaired) electrons. The average molecular weight is 293 g/mol. The summed E-state index contributed by atoms with van der Waals surface area (Å²) in [5, 5.41) is 0. The van der Waals surface area contributed by atoms with Crippen LogP contribution in [-0.4, -0.2) is 14.2 Å². The summed E-state index contributed by atoms with van der Waals surface area (Å²) in [7, 11) is 3.28. The minimum atomic E-state index is 0.743. The Kier molecular flexibility index (Phi) is 3.69. The predicted octanol–water partition coefficient (Wildman–Crippen LogP) is 4.13. The van der Waals surface area contributed by atoms with Crippen molar-refractivity contribution in [2.24, 2.45) is 0 Å². The normalized spacial score (nSPS) is 10.1. The highest BCUT2D eigenvalue weighted by Crippen LogP contribution is 2.32. The molecule has 0 fully saturated rings. The minimum absolute atomic E-state index is 0.743. The van der Waals surface area contributed by atoms with Crippen molar-refractivity contribution < 1.29 is 9.47 Å². The quantitative estimate of drug-likeness (QED) is 0.847. The molecule has 2 aromatic rings. The number of hydrogen-bond acceptors (Lipinski definition) is 2. The van der Waals surface area contributed by atoms with Gasteiger partial charge < -0.3 is 9.47 Å². The molecular formula is C14H13BrO2. The molecule has 0 aromatic heterocycles. The maximum Gasteiger partial charge on any atom is 0.161 e. The second-order valence-electron chi connectivity index (χ2n) is 3.58. The Hall–Kier alpha value is -1.48. The third-order valence-electron chi connectivity index (χ3n) is 2.56. The minimum Gasteiger partial charge on any atom is -0.493 e. The molecule has 3 heteroatoms. The van der Waals surface area contributed by atoms with Crippen molar-refractivity contribution >= 4 is 15.9 Å². The van der Waals surface area contributed by atoms with Gasteiger partial charge in [0.1, 0.15) is 0 Å². The molecule has 0 atom stereocenters. The first kappa shape index (κ1) is 12.0. The van der Waals surface area contributed by atoms with Gasteiger partial charge in [0.05, 0.1) is 14.2 Å². The summed E-state index contributed by atoms with van der Waals surface area (Å²) in [6, 6.07) is 14.1. The highest BCUT2D eigenvalue weighted by molar-refractivity contribution is 9.10. The zero-order valence-corrected chi connectivity index (χ0v) is 11.3. The van der Waals surface area contributed by atoms with E-state index in [-0.39, 0.29) is 0 Å². The van der Waals surface area contributed by atoms with E-state index < -0.39 is 0 Å². The molecule has 2 aromatic carbocycles. The first-order valence-corrected chi connectivity index (χ1v) is 6.02. The van der Waals surface area contributed by atoms with Crippen LogP contribution in [0.4, 0.5) is 0 Å². The number of benzene rings is 2. The Morgan fingerprint density at radius 1 is 0.765 bits per heavy atom. The smallest absolute Gasteiger partial charge is 0.161 e. The molecule has 17 heavy (non-hydrogen) atoms. The van der Waals surface area contributed by atoms with E-state index in [2.05, 4.69) is 28.1 Å². The van der Waals surface area contributed by atoms with Gasteiger partial charge >= 0.3 is 0 Å². The van der Waals surface area contributed by atoms with Crippen LogP contribution in [0.3, 0.4) is 0 Å². The second kappa shape index (κ2) is 5.23. The molecule has 0 N–H and O–H groups in total. The van der Waals surface area contributed by atoms with E-state index >= 15 is 0 Å². The third kappa shape index (κ3) is 2.61. The Labute approximate surface area is 109 Å². The van der Waals surface area contributed by atoms with Crippen LogP contribution in [0.5, 0.6) is 11.5 Å². The van der Waals surface area contributed by atoms with Crippen LogP contribution in [0.1, 0.15) is 0 Å². The summed E-state index contributed by atoms with van der Waals surface area (Å²) in [5.41, 5.74) is 2.25. The third-order valence-corrected chi connectivity index (χ3v) is 3.09. The van der Waals surface area contributed by atoms with Gasteiger partial charge in [-0.3, -0.25) is 0 Å². The van der Waals surface area contributed by atoms with Gasteiger partial charge in [0.25, 0.3) is 0 Å². The van der Waals surface area contributed by atoms with E-state index in [1.807, 2.05) is 30.3 Å². The molecule has 2 nitrogen and oxygen atoms in total. The first-order chi connectivity index (χ1) is 8.24. The number of ether oxygens (including phenoxy) is 2. The van der Waals surface area contributed by atoms with Crippen LogP contribution in [0.15, 0.2) is 46.9 Å². The van der Waals surface area contributed by atoms with E-state index in [0.717, 1.165) is 27.1 Å². The molecule has 0 saturated carbocycles. The Morgan fingerprint density at radius 2 is 1.35 bits per heavy atom. The highest BCUT2D eigenvalue weighted by atomic mass is 79.9. The van der Waals surface area contributed by atoms with Crippen molar-refractivity contribution in [1.29, 1.82) is 0 Å². The topological polar surface area (TPSA) is 18.5 Å². The van der Waals surface area contributed by atoms with Crippen LogP contribution in [0, 0.1) is 0 Å². The summed E-state index contributed by atoms with van der Waals surface area (Å²) in [6.07, 6.45) is 0. The largest absolute Gasteiger partial charge is 0.493 e. The van der Waals surface area contributed by atoms with Crippen LogP contribution >= 0.6 is 15.9 Å². The molecular weight excluding hydrogens is 280 g/mol. The molecule has 0 amide bonds. The predicted molar refractivity (Wildman–Crippen MR) is 72.7 cm³/mol. The van der Waals surface area contributed by atoms with E-state index in [9.17, 15) is 0 Å². The average Bonchev–Trinajstić information content (AvgIpc) is 2.39. The number of methoxy groups -OCH3 is 2. The van der Waals surface area contributed by atoms with Crippen LogP contribution in [-0.2, 0) is 0 Å². The Balaban J connectivity index is 2.42. The fourth-order valence-electron chi connectivity index (χ4n) is 1.66. The van der Waals surface area contributed by atoms with Crippen molar-refractivity contribution in [2.75, 3.05) is 14.2 Å². The molecule has 0 aliphatic rings. The molecule has 2 rings (SSSR count). The van der Waals surface area contributed by atoms with Crippen LogP contribution < -0.4 is 9.47 Å². The van der Waals surface area contributed by atoms with Gasteiger partial charge in [0.2, 0.25) is 0 Å². The highest BCUT2D eigenvalue weighted by Gasteiger charge is 2.05. The van der Waals surface area contributed by atoms with Gasteiger partial charge in [-0.05, 0) is 35.4 Å². The maximum atomic E-state index is 5.29. The summed E-state index contributed by atoms with van der Waals surface area (Å²) in [5.74, 6) is 1.49. The fourth-order valence-corrected chi connectivity index (χ4v) is 1.92. The van der Waals surface area contributed by atoms with Gasteiger partial charge in [-0.1, -0.05) is 34.1 Å². The monoisotopic (exact) mass is 292 g/mol. The standard InChI is InChI=1S/C14H13BrO2/c1-16-13-8-5-11(9-14(13)17-2)10-3-6-12(15)7-4-10/h3-9H,1-2H3. The Bertz CT molecular complexity index is 506. The van der Waals surface area contributed by atoms with Crippen molar-refractivity contribution in [3.05, 3.63) is 46.9 Å². The lowest BCUT2D eigenvalue weighted by atomic mass is 10.1. The lowest BCUT2D eigenvalue weighted by Crippen LogP contribution is -1.90. The van der Waals surface area contributed by atoms with Gasteiger partial charge in [0.15, 0.2) is 11.5 Å². The first-order valence-electron chi connectivity index (χ1n) is 5.22. The number of hydrogen-bond donors (Lipinski definition) is 0. The number of halogens is 1. The molecule has 0 heterocycles. The summed E-state index contributed by atoms with van der Waals surface area (Å²) < 4.78 is 11.6. The van der Waals surface area contributed by atoms with E-state index in [0.29, 0.717) is 0 Å². The maximum absolute atomic E-state index is 5.29. The van der Waals surface area contributed by atoms with E-state index in [4.69, 9.17) is 9.47 Å². The molecule has 0 saturated heterocycles. The molecule has 88 valence electrons. The fraction of sp³-hybridized carbons (Fsp3) is 0.143. The summed E-state index contributed by atoms with van der Waals surface area (Å²) in [4.78, 5) is 0. The van der Waals surface area contributed by atoms with Crippen molar-refractivity contribution in [3.63, 3.8) is 0 Å². The van der Waals surface area contributed by atoms with Gasteiger partial charge in [0, 0.05) is 4.47 Å². The lowest BCUT2D eigenvalue weighted by Gasteiger charge is -2.09. The van der Waals surface area contributed by atoms with Gasteiger partial charge in [-0.25, -0.2) is 0 Å². The zero-order valence-electron chi connectivity index (χ0n) is 9.74.